The number of rotatable bonds is 5. The normalized spacial score (nSPS) is 17.1. The van der Waals surface area contributed by atoms with Gasteiger partial charge in [-0.05, 0) is 49.4 Å². The first kappa shape index (κ1) is 23.2. The molecule has 35 heavy (non-hydrogen) atoms. The largest absolute Gasteiger partial charge is 0.493 e. The van der Waals surface area contributed by atoms with E-state index in [9.17, 15) is 14.7 Å². The number of likely N-dealkylation sites (N-methyl/N-ethyl adjacent to an activating group) is 1. The highest BCUT2D eigenvalue weighted by Gasteiger charge is 2.33. The Bertz CT molecular complexity index is 1430. The van der Waals surface area contributed by atoms with Gasteiger partial charge in [-0.1, -0.05) is 15.9 Å². The number of hydrogen-bond donors (Lipinski definition) is 2. The summed E-state index contributed by atoms with van der Waals surface area (Å²) in [5, 5.41) is 10.8. The Morgan fingerprint density at radius 3 is 2.80 bits per heavy atom. The lowest BCUT2D eigenvalue weighted by atomic mass is 9.91. The minimum absolute atomic E-state index is 0.108. The molecule has 2 aliphatic heterocycles. The number of methoxy groups -OCH3 is 1. The van der Waals surface area contributed by atoms with Gasteiger partial charge in [0, 0.05) is 22.8 Å². The number of ether oxygens (including phenoxy) is 3. The average Bonchev–Trinajstić information content (AvgIpc) is 3.30. The monoisotopic (exact) mass is 542 g/mol. The van der Waals surface area contributed by atoms with Crippen molar-refractivity contribution in [3.63, 3.8) is 0 Å². The number of benzene rings is 2. The molecule has 11 heteroatoms. The minimum atomic E-state index is -0.742. The zero-order valence-corrected chi connectivity index (χ0v) is 20.7. The van der Waals surface area contributed by atoms with Crippen LogP contribution in [0, 0.1) is 0 Å². The number of aromatic hydroxyl groups is 1. The Labute approximate surface area is 208 Å². The van der Waals surface area contributed by atoms with Gasteiger partial charge in [-0.15, -0.1) is 0 Å². The summed E-state index contributed by atoms with van der Waals surface area (Å²) in [7, 11) is 3.58. The Balaban J connectivity index is 1.50. The predicted molar refractivity (Wildman–Crippen MR) is 133 cm³/mol. The van der Waals surface area contributed by atoms with E-state index in [0.717, 1.165) is 33.1 Å². The molecule has 0 saturated carbocycles. The second kappa shape index (κ2) is 9.23. The molecule has 2 N–H and O–H groups in total. The van der Waals surface area contributed by atoms with Crippen molar-refractivity contribution in [2.75, 3.05) is 34.0 Å². The summed E-state index contributed by atoms with van der Waals surface area (Å²) in [6.45, 7) is 1.23. The van der Waals surface area contributed by atoms with Crippen molar-refractivity contribution in [3.05, 3.63) is 72.3 Å². The molecule has 3 heterocycles. The Morgan fingerprint density at radius 1 is 1.29 bits per heavy atom. The molecule has 5 rings (SSSR count). The Kier molecular flexibility index (Phi) is 6.12. The van der Waals surface area contributed by atoms with Crippen LogP contribution in [0.5, 0.6) is 23.1 Å². The Morgan fingerprint density at radius 2 is 2.06 bits per heavy atom. The molecule has 0 saturated heterocycles. The molecule has 182 valence electrons. The fourth-order valence-corrected chi connectivity index (χ4v) is 4.75. The van der Waals surface area contributed by atoms with Gasteiger partial charge in [-0.25, -0.2) is 9.36 Å². The van der Waals surface area contributed by atoms with E-state index < -0.39 is 17.1 Å². The zero-order chi connectivity index (χ0) is 24.7. The molecule has 0 bridgehead atoms. The third-order valence-electron chi connectivity index (χ3n) is 6.25. The van der Waals surface area contributed by atoms with E-state index in [1.165, 1.54) is 6.21 Å². The number of hydrogen-bond acceptors (Lipinski definition) is 8. The fourth-order valence-electron chi connectivity index (χ4n) is 4.48. The summed E-state index contributed by atoms with van der Waals surface area (Å²) in [5.41, 5.74) is 0.887. The van der Waals surface area contributed by atoms with Crippen LogP contribution in [0.4, 0.5) is 0 Å². The van der Waals surface area contributed by atoms with Gasteiger partial charge >= 0.3 is 5.69 Å². The summed E-state index contributed by atoms with van der Waals surface area (Å²) >= 11 is 3.34. The maximum absolute atomic E-state index is 12.5. The van der Waals surface area contributed by atoms with Crippen molar-refractivity contribution < 1.29 is 19.3 Å². The molecule has 0 radical (unpaired) electrons. The third kappa shape index (κ3) is 4.10. The Hall–Kier alpha value is -3.57. The second-order valence-corrected chi connectivity index (χ2v) is 9.18. The smallest absolute Gasteiger partial charge is 0.335 e. The van der Waals surface area contributed by atoms with E-state index in [1.54, 1.807) is 31.4 Å². The van der Waals surface area contributed by atoms with Crippen LogP contribution in [0.1, 0.15) is 22.7 Å². The van der Waals surface area contributed by atoms with Crippen LogP contribution in [0.2, 0.25) is 0 Å². The summed E-state index contributed by atoms with van der Waals surface area (Å²) in [6, 6.07) is 8.58. The third-order valence-corrected chi connectivity index (χ3v) is 6.78. The number of fused-ring (bicyclic) bond motifs is 2. The predicted octanol–water partition coefficient (Wildman–Crippen LogP) is 2.38. The molecular weight excluding hydrogens is 520 g/mol. The molecule has 0 fully saturated rings. The second-order valence-electron chi connectivity index (χ2n) is 8.27. The molecule has 0 aliphatic carbocycles. The quantitative estimate of drug-likeness (QED) is 0.475. The topological polar surface area (TPSA) is 118 Å². The van der Waals surface area contributed by atoms with Crippen molar-refractivity contribution >= 4 is 22.1 Å². The highest BCUT2D eigenvalue weighted by molar-refractivity contribution is 9.10. The molecule has 0 spiro atoms. The fraction of sp³-hybridized carbons (Fsp3) is 0.292. The number of nitrogens with zero attached hydrogens (tertiary/aromatic N) is 3. The molecule has 2 aromatic carbocycles. The highest BCUT2D eigenvalue weighted by Crippen LogP contribution is 2.49. The van der Waals surface area contributed by atoms with Crippen LogP contribution in [-0.4, -0.2) is 59.8 Å². The summed E-state index contributed by atoms with van der Waals surface area (Å²) in [5.74, 6) is 1.37. The van der Waals surface area contributed by atoms with Crippen LogP contribution >= 0.6 is 15.9 Å². The minimum Gasteiger partial charge on any atom is -0.493 e. The van der Waals surface area contributed by atoms with E-state index in [-0.39, 0.29) is 24.9 Å². The van der Waals surface area contributed by atoms with Gasteiger partial charge in [0.1, 0.15) is 5.56 Å². The van der Waals surface area contributed by atoms with Crippen LogP contribution in [0.3, 0.4) is 0 Å². The maximum atomic E-state index is 12.5. The van der Waals surface area contributed by atoms with E-state index in [2.05, 4.69) is 30.8 Å². The van der Waals surface area contributed by atoms with E-state index in [4.69, 9.17) is 14.2 Å². The first-order valence-corrected chi connectivity index (χ1v) is 11.7. The molecule has 0 amide bonds. The number of nitrogens with one attached hydrogen (secondary N) is 1. The molecule has 2 aliphatic rings. The lowest BCUT2D eigenvalue weighted by Crippen LogP contribution is -2.34. The highest BCUT2D eigenvalue weighted by atomic mass is 79.9. The number of halogens is 1. The van der Waals surface area contributed by atoms with Crippen molar-refractivity contribution in [1.82, 2.24) is 14.5 Å². The number of H-pyrrole nitrogens is 1. The molecule has 10 nitrogen and oxygen atoms in total. The first-order valence-electron chi connectivity index (χ1n) is 10.9. The van der Waals surface area contributed by atoms with Crippen molar-refractivity contribution in [1.29, 1.82) is 0 Å². The number of aliphatic imine (C=N–C) groups is 1. The van der Waals surface area contributed by atoms with Crippen molar-refractivity contribution in [2.24, 2.45) is 4.99 Å². The van der Waals surface area contributed by atoms with Gasteiger partial charge in [0.25, 0.3) is 5.56 Å². The summed E-state index contributed by atoms with van der Waals surface area (Å²) < 4.78 is 18.7. The number of aromatic amines is 1. The lowest BCUT2D eigenvalue weighted by Gasteiger charge is -2.35. The van der Waals surface area contributed by atoms with Gasteiger partial charge in [0.2, 0.25) is 18.4 Å². The van der Waals surface area contributed by atoms with Crippen molar-refractivity contribution in [3.8, 4) is 28.8 Å². The van der Waals surface area contributed by atoms with Gasteiger partial charge in [-0.2, -0.15) is 0 Å². The van der Waals surface area contributed by atoms with Crippen LogP contribution in [-0.2, 0) is 6.42 Å². The lowest BCUT2D eigenvalue weighted by molar-refractivity contribution is 0.170. The first-order chi connectivity index (χ1) is 16.9. The van der Waals surface area contributed by atoms with Crippen LogP contribution in [0.25, 0.3) is 5.69 Å². The van der Waals surface area contributed by atoms with Crippen LogP contribution < -0.4 is 25.5 Å². The molecule has 1 atom stereocenters. The van der Waals surface area contributed by atoms with E-state index >= 15 is 0 Å². The van der Waals surface area contributed by atoms with Gasteiger partial charge < -0.3 is 19.3 Å². The molecular formula is C24H23BrN4O6. The number of aromatic nitrogens is 2. The van der Waals surface area contributed by atoms with Crippen LogP contribution in [0.15, 0.2) is 49.4 Å². The van der Waals surface area contributed by atoms with E-state index in [0.29, 0.717) is 22.9 Å². The molecule has 1 aromatic heterocycles. The molecule has 3 aromatic rings. The summed E-state index contributed by atoms with van der Waals surface area (Å²) in [4.78, 5) is 33.8. The van der Waals surface area contributed by atoms with Gasteiger partial charge in [0.05, 0.1) is 25.4 Å². The van der Waals surface area contributed by atoms with Gasteiger partial charge in [0.15, 0.2) is 11.5 Å². The molecule has 0 unspecified atom stereocenters. The average molecular weight is 543 g/mol. The zero-order valence-electron chi connectivity index (χ0n) is 19.1. The maximum Gasteiger partial charge on any atom is 0.335 e. The SMILES string of the molecule is COc1c2c(cc3c1[C@@H](CN=Cc1c(O)n(-c4ccc(Br)cc4)c(=O)[nH]c1=O)N(C)CC3)OCO2. The standard InChI is InChI=1S/C24H23BrN4O6/c1-28-8-7-13-9-18-20(35-12-34-18)21(33-2)19(13)17(28)11-26-10-16-22(30)27-24(32)29(23(16)31)15-5-3-14(25)4-6-15/h3-6,9-10,17,31H,7-8,11-12H2,1-2H3,(H,27,30,32)/t17-/m1/s1. The van der Waals surface area contributed by atoms with Crippen molar-refractivity contribution in [2.45, 2.75) is 12.5 Å². The van der Waals surface area contributed by atoms with Gasteiger partial charge in [-0.3, -0.25) is 19.7 Å². The van der Waals surface area contributed by atoms with E-state index in [1.807, 2.05) is 13.1 Å². The summed E-state index contributed by atoms with van der Waals surface area (Å²) in [6.07, 6.45) is 2.11.